The second-order valence-electron chi connectivity index (χ2n) is 5.18. The van der Waals surface area contributed by atoms with Crippen LogP contribution >= 0.6 is 15.9 Å². The first-order valence-corrected chi connectivity index (χ1v) is 7.71. The Morgan fingerprint density at radius 3 is 2.60 bits per heavy atom. The molecule has 20 heavy (non-hydrogen) atoms. The smallest absolute Gasteiger partial charge is 0.296 e. The van der Waals surface area contributed by atoms with Crippen LogP contribution in [-0.2, 0) is 4.79 Å². The number of nitrogens with zero attached hydrogens (tertiary/aromatic N) is 1. The molecule has 1 aliphatic heterocycles. The van der Waals surface area contributed by atoms with Gasteiger partial charge >= 0.3 is 0 Å². The van der Waals surface area contributed by atoms with Crippen LogP contribution in [0.4, 0.5) is 11.4 Å². The number of Topliss-reactive ketones (excluding diaryl/α,β-unsaturated/α-hetero) is 1. The average Bonchev–Trinajstić information content (AvgIpc) is 2.70. The number of carbonyl (C=O) groups is 2. The van der Waals surface area contributed by atoms with Gasteiger partial charge in [-0.3, -0.25) is 9.59 Å². The van der Waals surface area contributed by atoms with Gasteiger partial charge in [-0.1, -0.05) is 20.3 Å². The number of fused-ring (bicyclic) bond motifs is 1. The number of anilines is 2. The third-order valence-electron chi connectivity index (χ3n) is 3.74. The standard InChI is InChI=1S/C15H19BrN2O2/c1-4-9(3)8-18(5-2)13-7-12-10(6-11(13)16)14(19)15(20)17-12/h6-7,9H,4-5,8H2,1-3H3,(H,17,19,20). The summed E-state index contributed by atoms with van der Waals surface area (Å²) in [5.74, 6) is -0.419. The fourth-order valence-electron chi connectivity index (χ4n) is 2.30. The summed E-state index contributed by atoms with van der Waals surface area (Å²) < 4.78 is 0.853. The van der Waals surface area contributed by atoms with Crippen molar-refractivity contribution in [1.29, 1.82) is 0 Å². The molecule has 108 valence electrons. The van der Waals surface area contributed by atoms with Gasteiger partial charge in [-0.15, -0.1) is 0 Å². The molecule has 0 aliphatic carbocycles. The molecule has 1 amide bonds. The minimum absolute atomic E-state index is 0.449. The molecule has 1 aliphatic rings. The highest BCUT2D eigenvalue weighted by Crippen LogP contribution is 2.35. The van der Waals surface area contributed by atoms with Crippen molar-refractivity contribution in [3.05, 3.63) is 22.2 Å². The van der Waals surface area contributed by atoms with Crippen molar-refractivity contribution in [2.75, 3.05) is 23.3 Å². The molecule has 2 rings (SSSR count). The summed E-state index contributed by atoms with van der Waals surface area (Å²) in [6.07, 6.45) is 1.12. The number of ketones is 1. The van der Waals surface area contributed by atoms with Crippen molar-refractivity contribution in [1.82, 2.24) is 0 Å². The Balaban J connectivity index is 2.36. The number of carbonyl (C=O) groups excluding carboxylic acids is 2. The molecule has 0 bridgehead atoms. The molecule has 0 spiro atoms. The van der Waals surface area contributed by atoms with E-state index in [0.29, 0.717) is 17.2 Å². The summed E-state index contributed by atoms with van der Waals surface area (Å²) in [5.41, 5.74) is 2.08. The average molecular weight is 339 g/mol. The van der Waals surface area contributed by atoms with Crippen molar-refractivity contribution >= 4 is 39.0 Å². The summed E-state index contributed by atoms with van der Waals surface area (Å²) in [4.78, 5) is 25.4. The summed E-state index contributed by atoms with van der Waals surface area (Å²) in [7, 11) is 0. The van der Waals surface area contributed by atoms with Crippen LogP contribution in [0.25, 0.3) is 0 Å². The van der Waals surface area contributed by atoms with Gasteiger partial charge in [-0.05, 0) is 40.9 Å². The maximum atomic E-state index is 11.7. The number of hydrogen-bond acceptors (Lipinski definition) is 3. The van der Waals surface area contributed by atoms with Gasteiger partial charge in [0.05, 0.1) is 16.9 Å². The third kappa shape index (κ3) is 2.73. The Morgan fingerprint density at radius 1 is 1.30 bits per heavy atom. The normalized spacial score (nSPS) is 15.0. The largest absolute Gasteiger partial charge is 0.371 e. The van der Waals surface area contributed by atoms with Crippen LogP contribution in [-0.4, -0.2) is 24.8 Å². The Morgan fingerprint density at radius 2 is 2.00 bits per heavy atom. The van der Waals surface area contributed by atoms with E-state index >= 15 is 0 Å². The van der Waals surface area contributed by atoms with Gasteiger partial charge in [0, 0.05) is 17.6 Å². The van der Waals surface area contributed by atoms with Crippen molar-refractivity contribution < 1.29 is 9.59 Å². The predicted molar refractivity (Wildman–Crippen MR) is 84.4 cm³/mol. The molecule has 0 saturated heterocycles. The number of benzene rings is 1. The zero-order chi connectivity index (χ0) is 14.9. The summed E-state index contributed by atoms with van der Waals surface area (Å²) >= 11 is 3.52. The van der Waals surface area contributed by atoms with Crippen molar-refractivity contribution in [2.24, 2.45) is 5.92 Å². The zero-order valence-corrected chi connectivity index (χ0v) is 13.6. The van der Waals surface area contributed by atoms with Crippen molar-refractivity contribution in [3.63, 3.8) is 0 Å². The highest BCUT2D eigenvalue weighted by Gasteiger charge is 2.29. The number of nitrogens with one attached hydrogen (secondary N) is 1. The molecule has 0 saturated carbocycles. The molecule has 1 unspecified atom stereocenters. The number of amides is 1. The number of halogens is 1. The first-order valence-electron chi connectivity index (χ1n) is 6.92. The number of hydrogen-bond donors (Lipinski definition) is 1. The van der Waals surface area contributed by atoms with E-state index in [0.717, 1.165) is 29.7 Å². The number of rotatable bonds is 5. The molecule has 1 atom stereocenters. The van der Waals surface area contributed by atoms with Gasteiger partial charge in [-0.25, -0.2) is 0 Å². The summed E-state index contributed by atoms with van der Waals surface area (Å²) in [6, 6.07) is 3.62. The first-order chi connectivity index (χ1) is 9.47. The molecule has 1 aromatic rings. The van der Waals surface area contributed by atoms with Crippen molar-refractivity contribution in [2.45, 2.75) is 27.2 Å². The molecular weight excluding hydrogens is 320 g/mol. The maximum absolute atomic E-state index is 11.7. The fraction of sp³-hybridized carbons (Fsp3) is 0.467. The van der Waals surface area contributed by atoms with Crippen LogP contribution in [0.2, 0.25) is 0 Å². The van der Waals surface area contributed by atoms with Crippen LogP contribution in [0.3, 0.4) is 0 Å². The predicted octanol–water partition coefficient (Wildman–Crippen LogP) is 3.46. The molecule has 1 heterocycles. The highest BCUT2D eigenvalue weighted by molar-refractivity contribution is 9.10. The van der Waals surface area contributed by atoms with Crippen molar-refractivity contribution in [3.8, 4) is 0 Å². The van der Waals surface area contributed by atoms with Gasteiger partial charge < -0.3 is 10.2 Å². The van der Waals surface area contributed by atoms with Gasteiger partial charge in [0.15, 0.2) is 0 Å². The maximum Gasteiger partial charge on any atom is 0.296 e. The monoisotopic (exact) mass is 338 g/mol. The molecular formula is C15H19BrN2O2. The molecule has 0 aromatic heterocycles. The zero-order valence-electron chi connectivity index (χ0n) is 12.0. The minimum Gasteiger partial charge on any atom is -0.371 e. The topological polar surface area (TPSA) is 49.4 Å². The second-order valence-corrected chi connectivity index (χ2v) is 6.04. The Bertz CT molecular complexity index is 557. The first kappa shape index (κ1) is 15.0. The second kappa shape index (κ2) is 5.95. The van der Waals surface area contributed by atoms with Crippen LogP contribution in [0.1, 0.15) is 37.6 Å². The summed E-state index contributed by atoms with van der Waals surface area (Å²) in [5, 5.41) is 2.63. The SMILES string of the molecule is CCC(C)CN(CC)c1cc2c(cc1Br)C(=O)C(=O)N2. The van der Waals surface area contributed by atoms with E-state index < -0.39 is 11.7 Å². The Kier molecular flexibility index (Phi) is 4.48. The fourth-order valence-corrected chi connectivity index (χ4v) is 2.89. The van der Waals surface area contributed by atoms with E-state index in [1.807, 2.05) is 6.07 Å². The molecule has 1 N–H and O–H groups in total. The molecule has 0 radical (unpaired) electrons. The van der Waals surface area contributed by atoms with Crippen LogP contribution in [0.15, 0.2) is 16.6 Å². The van der Waals surface area contributed by atoms with Gasteiger partial charge in [-0.2, -0.15) is 0 Å². The van der Waals surface area contributed by atoms with E-state index in [-0.39, 0.29) is 0 Å². The lowest BCUT2D eigenvalue weighted by atomic mass is 10.1. The van der Waals surface area contributed by atoms with E-state index in [2.05, 4.69) is 46.9 Å². The highest BCUT2D eigenvalue weighted by atomic mass is 79.9. The van der Waals surface area contributed by atoms with Gasteiger partial charge in [0.25, 0.3) is 11.7 Å². The van der Waals surface area contributed by atoms with Crippen LogP contribution < -0.4 is 10.2 Å². The molecule has 4 nitrogen and oxygen atoms in total. The molecule has 0 fully saturated rings. The Labute approximate surface area is 127 Å². The lowest BCUT2D eigenvalue weighted by Crippen LogP contribution is -2.28. The van der Waals surface area contributed by atoms with Crippen LogP contribution in [0.5, 0.6) is 0 Å². The van der Waals surface area contributed by atoms with E-state index in [1.54, 1.807) is 6.07 Å². The summed E-state index contributed by atoms with van der Waals surface area (Å²) in [6.45, 7) is 8.33. The minimum atomic E-state index is -0.547. The van der Waals surface area contributed by atoms with Gasteiger partial charge in [0.1, 0.15) is 0 Å². The lowest BCUT2D eigenvalue weighted by Gasteiger charge is -2.27. The molecule has 5 heteroatoms. The van der Waals surface area contributed by atoms with Gasteiger partial charge in [0.2, 0.25) is 0 Å². The quantitative estimate of drug-likeness (QED) is 0.836. The van der Waals surface area contributed by atoms with Crippen LogP contribution in [0, 0.1) is 5.92 Å². The molecule has 1 aromatic carbocycles. The van der Waals surface area contributed by atoms with E-state index in [9.17, 15) is 9.59 Å². The Hall–Kier alpha value is -1.36. The van der Waals surface area contributed by atoms with E-state index in [4.69, 9.17) is 0 Å². The third-order valence-corrected chi connectivity index (χ3v) is 4.37. The van der Waals surface area contributed by atoms with E-state index in [1.165, 1.54) is 0 Å². The lowest BCUT2D eigenvalue weighted by molar-refractivity contribution is -0.112.